The van der Waals surface area contributed by atoms with E-state index < -0.39 is 11.7 Å². The van der Waals surface area contributed by atoms with Gasteiger partial charge in [-0.2, -0.15) is 0 Å². The number of carbonyl (C=O) groups excluding carboxylic acids is 2. The molecule has 1 aliphatic heterocycles. The summed E-state index contributed by atoms with van der Waals surface area (Å²) in [5.41, 5.74) is 5.28. The predicted octanol–water partition coefficient (Wildman–Crippen LogP) is 1.92. The van der Waals surface area contributed by atoms with Crippen LogP contribution < -0.4 is 5.73 Å². The van der Waals surface area contributed by atoms with Crippen LogP contribution in [-0.4, -0.2) is 54.3 Å². The molecule has 0 spiro atoms. The summed E-state index contributed by atoms with van der Waals surface area (Å²) in [6.07, 6.45) is 1.08. The molecule has 2 N–H and O–H groups in total. The lowest BCUT2D eigenvalue weighted by Gasteiger charge is -2.35. The number of nitrogens with zero attached hydrogens (tertiary/aromatic N) is 2. The molecule has 23 heavy (non-hydrogen) atoms. The molecule has 0 radical (unpaired) electrons. The number of rotatable bonds is 4. The molecule has 2 amide bonds. The third kappa shape index (κ3) is 4.80. The fourth-order valence-electron chi connectivity index (χ4n) is 2.43. The minimum Gasteiger partial charge on any atom is -0.339 e. The number of carbonyl (C=O) groups is 2. The van der Waals surface area contributed by atoms with Gasteiger partial charge in [-0.3, -0.25) is 9.59 Å². The molecule has 0 saturated carbocycles. The van der Waals surface area contributed by atoms with Crippen LogP contribution >= 0.6 is 24.0 Å². The van der Waals surface area contributed by atoms with E-state index in [9.17, 15) is 14.0 Å². The average molecular weight is 364 g/mol. The lowest BCUT2D eigenvalue weighted by Crippen LogP contribution is -2.50. The monoisotopic (exact) mass is 363 g/mol. The van der Waals surface area contributed by atoms with Crippen molar-refractivity contribution in [3.05, 3.63) is 34.6 Å². The van der Waals surface area contributed by atoms with E-state index in [2.05, 4.69) is 0 Å². The van der Waals surface area contributed by atoms with Gasteiger partial charge in [-0.05, 0) is 25.1 Å². The highest BCUT2D eigenvalue weighted by atomic mass is 35.5. The fourth-order valence-corrected chi connectivity index (χ4v) is 2.67. The van der Waals surface area contributed by atoms with Crippen LogP contribution in [0.4, 0.5) is 4.39 Å². The minimum absolute atomic E-state index is 0. The molecule has 1 aromatic rings. The van der Waals surface area contributed by atoms with Gasteiger partial charge < -0.3 is 15.5 Å². The quantitative estimate of drug-likeness (QED) is 0.888. The molecule has 8 heteroatoms. The molecule has 1 aromatic carbocycles. The average Bonchev–Trinajstić information content (AvgIpc) is 2.52. The van der Waals surface area contributed by atoms with Crippen molar-refractivity contribution in [2.24, 2.45) is 5.73 Å². The summed E-state index contributed by atoms with van der Waals surface area (Å²) in [7, 11) is 0. The molecular formula is C15H20Cl2FN3O2. The second-order valence-corrected chi connectivity index (χ2v) is 5.57. The topological polar surface area (TPSA) is 66.6 Å². The summed E-state index contributed by atoms with van der Waals surface area (Å²) < 4.78 is 13.8. The van der Waals surface area contributed by atoms with Crippen molar-refractivity contribution >= 4 is 35.8 Å². The molecule has 0 atom stereocenters. The summed E-state index contributed by atoms with van der Waals surface area (Å²) in [4.78, 5) is 27.5. The van der Waals surface area contributed by atoms with Crippen LogP contribution in [0.5, 0.6) is 0 Å². The van der Waals surface area contributed by atoms with Crippen LogP contribution in [0.25, 0.3) is 0 Å². The Bertz CT molecular complexity index is 543. The Morgan fingerprint density at radius 3 is 2.35 bits per heavy atom. The Hall–Kier alpha value is -1.37. The standard InChI is InChI=1S/C15H19ClFN3O2.ClH/c16-11-3-1-4-12(17)14(11)15(22)20-9-7-19(8-10-20)13(21)5-2-6-18;/h1,3-4H,2,5-10,18H2;1H. The zero-order valence-corrected chi connectivity index (χ0v) is 14.2. The van der Waals surface area contributed by atoms with Crippen molar-refractivity contribution in [2.75, 3.05) is 32.7 Å². The first kappa shape index (κ1) is 19.7. The zero-order valence-electron chi connectivity index (χ0n) is 12.6. The summed E-state index contributed by atoms with van der Waals surface area (Å²) in [6.45, 7) is 2.12. The van der Waals surface area contributed by atoms with E-state index >= 15 is 0 Å². The number of hydrogen-bond acceptors (Lipinski definition) is 3. The third-order valence-electron chi connectivity index (χ3n) is 3.69. The van der Waals surface area contributed by atoms with E-state index in [4.69, 9.17) is 17.3 Å². The van der Waals surface area contributed by atoms with Crippen molar-refractivity contribution < 1.29 is 14.0 Å². The molecule has 0 aromatic heterocycles. The highest BCUT2D eigenvalue weighted by Crippen LogP contribution is 2.21. The Kier molecular flexibility index (Phi) is 7.75. The molecule has 0 bridgehead atoms. The van der Waals surface area contributed by atoms with Gasteiger partial charge in [0.1, 0.15) is 5.82 Å². The molecule has 0 aliphatic carbocycles. The SMILES string of the molecule is Cl.NCCCC(=O)N1CCN(C(=O)c2c(F)cccc2Cl)CC1. The minimum atomic E-state index is -0.626. The Labute approximate surface area is 146 Å². The second kappa shape index (κ2) is 9.05. The number of benzene rings is 1. The van der Waals surface area contributed by atoms with Crippen molar-refractivity contribution in [2.45, 2.75) is 12.8 Å². The molecule has 128 valence electrons. The summed E-state index contributed by atoms with van der Waals surface area (Å²) in [5, 5.41) is 0.103. The van der Waals surface area contributed by atoms with E-state index in [-0.39, 0.29) is 28.9 Å². The number of piperazine rings is 1. The summed E-state index contributed by atoms with van der Waals surface area (Å²) in [5.74, 6) is -1.02. The molecule has 5 nitrogen and oxygen atoms in total. The molecule has 1 fully saturated rings. The fraction of sp³-hybridized carbons (Fsp3) is 0.467. The molecule has 1 aliphatic rings. The first-order valence-electron chi connectivity index (χ1n) is 7.25. The first-order valence-corrected chi connectivity index (χ1v) is 7.63. The first-order chi connectivity index (χ1) is 10.5. The smallest absolute Gasteiger partial charge is 0.258 e. The van der Waals surface area contributed by atoms with Crippen molar-refractivity contribution in [3.8, 4) is 0 Å². The van der Waals surface area contributed by atoms with Gasteiger partial charge in [0.2, 0.25) is 5.91 Å². The van der Waals surface area contributed by atoms with Gasteiger partial charge in [-0.1, -0.05) is 17.7 Å². The summed E-state index contributed by atoms with van der Waals surface area (Å²) in [6, 6.07) is 4.17. The second-order valence-electron chi connectivity index (χ2n) is 5.16. The molecule has 1 saturated heterocycles. The number of amides is 2. The van der Waals surface area contributed by atoms with Gasteiger partial charge in [-0.25, -0.2) is 4.39 Å². The third-order valence-corrected chi connectivity index (χ3v) is 4.01. The van der Waals surface area contributed by atoms with E-state index in [1.165, 1.54) is 23.1 Å². The Morgan fingerprint density at radius 1 is 1.17 bits per heavy atom. The van der Waals surface area contributed by atoms with E-state index in [1.807, 2.05) is 0 Å². The maximum absolute atomic E-state index is 13.8. The zero-order chi connectivity index (χ0) is 16.1. The van der Waals surface area contributed by atoms with Crippen molar-refractivity contribution in [1.29, 1.82) is 0 Å². The summed E-state index contributed by atoms with van der Waals surface area (Å²) >= 11 is 5.92. The number of nitrogens with two attached hydrogens (primary N) is 1. The lowest BCUT2D eigenvalue weighted by atomic mass is 10.1. The predicted molar refractivity (Wildman–Crippen MR) is 89.4 cm³/mol. The van der Waals surface area contributed by atoms with Crippen LogP contribution in [-0.2, 0) is 4.79 Å². The van der Waals surface area contributed by atoms with Gasteiger partial charge in [0.15, 0.2) is 0 Å². The highest BCUT2D eigenvalue weighted by Gasteiger charge is 2.27. The Balaban J connectivity index is 0.00000264. The maximum Gasteiger partial charge on any atom is 0.258 e. The van der Waals surface area contributed by atoms with Crippen molar-refractivity contribution in [1.82, 2.24) is 9.80 Å². The number of hydrogen-bond donors (Lipinski definition) is 1. The highest BCUT2D eigenvalue weighted by molar-refractivity contribution is 6.33. The van der Waals surface area contributed by atoms with Gasteiger partial charge in [0.05, 0.1) is 10.6 Å². The van der Waals surface area contributed by atoms with Crippen LogP contribution in [0.3, 0.4) is 0 Å². The van der Waals surface area contributed by atoms with Crippen LogP contribution in [0.2, 0.25) is 5.02 Å². The van der Waals surface area contributed by atoms with Gasteiger partial charge in [-0.15, -0.1) is 12.4 Å². The molecule has 2 rings (SSSR count). The lowest BCUT2D eigenvalue weighted by molar-refractivity contribution is -0.132. The Morgan fingerprint density at radius 2 is 1.78 bits per heavy atom. The normalized spacial score (nSPS) is 14.4. The molecule has 1 heterocycles. The largest absolute Gasteiger partial charge is 0.339 e. The van der Waals surface area contributed by atoms with Crippen LogP contribution in [0.15, 0.2) is 18.2 Å². The van der Waals surface area contributed by atoms with E-state index in [0.717, 1.165) is 0 Å². The maximum atomic E-state index is 13.8. The van der Waals surface area contributed by atoms with Gasteiger partial charge in [0.25, 0.3) is 5.91 Å². The van der Waals surface area contributed by atoms with Gasteiger partial charge >= 0.3 is 0 Å². The number of halogens is 3. The van der Waals surface area contributed by atoms with Crippen LogP contribution in [0, 0.1) is 5.82 Å². The van der Waals surface area contributed by atoms with E-state index in [0.29, 0.717) is 45.6 Å². The molecular weight excluding hydrogens is 344 g/mol. The van der Waals surface area contributed by atoms with E-state index in [1.54, 1.807) is 4.90 Å². The molecule has 0 unspecified atom stereocenters. The van der Waals surface area contributed by atoms with Gasteiger partial charge in [0, 0.05) is 32.6 Å². The van der Waals surface area contributed by atoms with Crippen molar-refractivity contribution in [3.63, 3.8) is 0 Å². The van der Waals surface area contributed by atoms with Crippen LogP contribution in [0.1, 0.15) is 23.2 Å².